The van der Waals surface area contributed by atoms with Crippen LogP contribution < -0.4 is 0 Å². The lowest BCUT2D eigenvalue weighted by Crippen LogP contribution is -2.17. The number of carboxylic acid groups (broad SMARTS) is 1. The molecule has 0 aliphatic rings. The van der Waals surface area contributed by atoms with E-state index in [1.807, 2.05) is 18.2 Å². The van der Waals surface area contributed by atoms with E-state index in [2.05, 4.69) is 16.9 Å². The zero-order valence-electron chi connectivity index (χ0n) is 14.0. The van der Waals surface area contributed by atoms with Crippen molar-refractivity contribution in [1.82, 2.24) is 0 Å². The van der Waals surface area contributed by atoms with E-state index in [4.69, 9.17) is 5.11 Å². The highest BCUT2D eigenvalue weighted by Gasteiger charge is 2.18. The lowest BCUT2D eigenvalue weighted by atomic mass is 10.1. The molecule has 0 aliphatic heterocycles. The fraction of sp³-hybridized carbons (Fsp3) is 0.474. The predicted molar refractivity (Wildman–Crippen MR) is 90.2 cm³/mol. The Morgan fingerprint density at radius 2 is 1.96 bits per heavy atom. The first-order valence-electron chi connectivity index (χ1n) is 8.32. The number of ether oxygens (including phenoxy) is 1. The van der Waals surface area contributed by atoms with Crippen molar-refractivity contribution in [3.8, 4) is 0 Å². The molecule has 24 heavy (non-hydrogen) atoms. The van der Waals surface area contributed by atoms with Crippen LogP contribution in [-0.4, -0.2) is 23.4 Å². The van der Waals surface area contributed by atoms with Crippen LogP contribution in [0.1, 0.15) is 51.0 Å². The molecule has 0 saturated carbocycles. The quantitative estimate of drug-likeness (QED) is 0.369. The number of carboxylic acids is 1. The van der Waals surface area contributed by atoms with Gasteiger partial charge < -0.3 is 9.84 Å². The highest BCUT2D eigenvalue weighted by Crippen LogP contribution is 2.13. The SMILES string of the molecule is CCCC(F)OC(=O)C(=CCCCCc1ccccc1)CC(=O)O. The number of aryl methyl sites for hydroxylation is 1. The molecule has 0 aliphatic carbocycles. The van der Waals surface area contributed by atoms with Gasteiger partial charge in [-0.2, -0.15) is 0 Å². The van der Waals surface area contributed by atoms with Crippen molar-refractivity contribution < 1.29 is 23.8 Å². The minimum Gasteiger partial charge on any atom is -0.481 e. The Bertz CT molecular complexity index is 540. The highest BCUT2D eigenvalue weighted by atomic mass is 19.1. The second-order valence-electron chi connectivity index (χ2n) is 5.64. The Morgan fingerprint density at radius 1 is 1.25 bits per heavy atom. The molecule has 1 rings (SSSR count). The minimum absolute atomic E-state index is 0.0148. The molecule has 1 unspecified atom stereocenters. The molecule has 0 radical (unpaired) electrons. The van der Waals surface area contributed by atoms with E-state index in [0.717, 1.165) is 19.3 Å². The molecule has 4 nitrogen and oxygen atoms in total. The largest absolute Gasteiger partial charge is 0.481 e. The maximum Gasteiger partial charge on any atom is 0.336 e. The number of hydrogen-bond donors (Lipinski definition) is 1. The zero-order valence-corrected chi connectivity index (χ0v) is 14.0. The number of esters is 1. The van der Waals surface area contributed by atoms with Gasteiger partial charge in [-0.15, -0.1) is 0 Å². The Hall–Kier alpha value is -2.17. The molecule has 132 valence electrons. The third-order valence-electron chi connectivity index (χ3n) is 3.51. The van der Waals surface area contributed by atoms with Crippen LogP contribution in [0.3, 0.4) is 0 Å². The Balaban J connectivity index is 2.46. The Labute approximate surface area is 142 Å². The van der Waals surface area contributed by atoms with Crippen LogP contribution in [0.4, 0.5) is 4.39 Å². The van der Waals surface area contributed by atoms with Crippen LogP contribution in [0.25, 0.3) is 0 Å². The van der Waals surface area contributed by atoms with Crippen molar-refractivity contribution in [1.29, 1.82) is 0 Å². The lowest BCUT2D eigenvalue weighted by Gasteiger charge is -2.10. The summed E-state index contributed by atoms with van der Waals surface area (Å²) < 4.78 is 18.0. The number of aliphatic carboxylic acids is 1. The standard InChI is InChI=1S/C19H25FO4/c1-2-9-17(20)24-19(23)16(14-18(21)22)13-8-4-7-12-15-10-5-3-6-11-15/h3,5-6,10-11,13,17H,2,4,7-9,12,14H2,1H3,(H,21,22). The van der Waals surface area contributed by atoms with Gasteiger partial charge in [0.1, 0.15) is 0 Å². The molecule has 0 fully saturated rings. The van der Waals surface area contributed by atoms with Gasteiger partial charge in [0, 0.05) is 12.0 Å². The van der Waals surface area contributed by atoms with Gasteiger partial charge in [-0.1, -0.05) is 43.3 Å². The van der Waals surface area contributed by atoms with Crippen LogP contribution in [-0.2, 0) is 20.7 Å². The molecule has 0 amide bonds. The van der Waals surface area contributed by atoms with E-state index in [0.29, 0.717) is 12.8 Å². The molecule has 1 aromatic carbocycles. The number of carbonyl (C=O) groups excluding carboxylic acids is 1. The van der Waals surface area contributed by atoms with Gasteiger partial charge in [-0.05, 0) is 37.7 Å². The zero-order chi connectivity index (χ0) is 17.8. The fourth-order valence-electron chi connectivity index (χ4n) is 2.26. The van der Waals surface area contributed by atoms with Crippen molar-refractivity contribution >= 4 is 11.9 Å². The summed E-state index contributed by atoms with van der Waals surface area (Å²) in [6.45, 7) is 1.78. The number of unbranched alkanes of at least 4 members (excludes halogenated alkanes) is 2. The monoisotopic (exact) mass is 336 g/mol. The van der Waals surface area contributed by atoms with Crippen LogP contribution >= 0.6 is 0 Å². The summed E-state index contributed by atoms with van der Waals surface area (Å²) in [6, 6.07) is 10.0. The van der Waals surface area contributed by atoms with Gasteiger partial charge >= 0.3 is 11.9 Å². The third kappa shape index (κ3) is 8.46. The van der Waals surface area contributed by atoms with Crippen LogP contribution in [0.2, 0.25) is 0 Å². The van der Waals surface area contributed by atoms with E-state index in [9.17, 15) is 14.0 Å². The first-order valence-corrected chi connectivity index (χ1v) is 8.32. The molecule has 0 bridgehead atoms. The minimum atomic E-state index is -1.68. The van der Waals surface area contributed by atoms with Gasteiger partial charge in [0.05, 0.1) is 6.42 Å². The normalized spacial score (nSPS) is 12.7. The second kappa shape index (κ2) is 11.4. The van der Waals surface area contributed by atoms with Crippen molar-refractivity contribution in [2.24, 2.45) is 0 Å². The van der Waals surface area contributed by atoms with Crippen molar-refractivity contribution in [2.45, 2.75) is 58.2 Å². The molecule has 1 atom stereocenters. The maximum atomic E-state index is 13.4. The molecule has 0 spiro atoms. The van der Waals surface area contributed by atoms with Crippen molar-refractivity contribution in [2.75, 3.05) is 0 Å². The molecule has 1 N–H and O–H groups in total. The molecule has 0 heterocycles. The molecule has 1 aromatic rings. The molecular formula is C19H25FO4. The van der Waals surface area contributed by atoms with Gasteiger partial charge in [-0.25, -0.2) is 9.18 Å². The highest BCUT2D eigenvalue weighted by molar-refractivity contribution is 5.93. The second-order valence-corrected chi connectivity index (χ2v) is 5.64. The average molecular weight is 336 g/mol. The predicted octanol–water partition coefficient (Wildman–Crippen LogP) is 4.44. The van der Waals surface area contributed by atoms with Crippen molar-refractivity contribution in [3.63, 3.8) is 0 Å². The van der Waals surface area contributed by atoms with E-state index in [1.54, 1.807) is 13.0 Å². The van der Waals surface area contributed by atoms with E-state index >= 15 is 0 Å². The first kappa shape index (κ1) is 19.9. The van der Waals surface area contributed by atoms with Gasteiger partial charge in [0.25, 0.3) is 0 Å². The average Bonchev–Trinajstić information content (AvgIpc) is 2.54. The van der Waals surface area contributed by atoms with Gasteiger partial charge in [0.2, 0.25) is 6.36 Å². The van der Waals surface area contributed by atoms with Crippen LogP contribution in [0.15, 0.2) is 42.0 Å². The van der Waals surface area contributed by atoms with E-state index in [-0.39, 0.29) is 12.0 Å². The molecule has 0 saturated heterocycles. The number of carbonyl (C=O) groups is 2. The number of benzene rings is 1. The number of alkyl halides is 1. The van der Waals surface area contributed by atoms with Crippen LogP contribution in [0.5, 0.6) is 0 Å². The first-order chi connectivity index (χ1) is 11.5. The summed E-state index contributed by atoms with van der Waals surface area (Å²) in [6.07, 6.45) is 3.33. The van der Waals surface area contributed by atoms with E-state index in [1.165, 1.54) is 5.56 Å². The molecular weight excluding hydrogens is 311 g/mol. The van der Waals surface area contributed by atoms with Gasteiger partial charge in [-0.3, -0.25) is 4.79 Å². The summed E-state index contributed by atoms with van der Waals surface area (Å²) in [5.41, 5.74) is 1.26. The number of rotatable bonds is 11. The Morgan fingerprint density at radius 3 is 2.58 bits per heavy atom. The lowest BCUT2D eigenvalue weighted by molar-refractivity contribution is -0.155. The summed E-state index contributed by atoms with van der Waals surface area (Å²) >= 11 is 0. The summed E-state index contributed by atoms with van der Waals surface area (Å²) in [7, 11) is 0. The summed E-state index contributed by atoms with van der Waals surface area (Å²) in [4.78, 5) is 22.7. The number of allylic oxidation sites excluding steroid dienone is 1. The third-order valence-corrected chi connectivity index (χ3v) is 3.51. The smallest absolute Gasteiger partial charge is 0.336 e. The van der Waals surface area contributed by atoms with E-state index < -0.39 is 24.7 Å². The molecule has 5 heteroatoms. The molecule has 0 aromatic heterocycles. The summed E-state index contributed by atoms with van der Waals surface area (Å²) in [5.74, 6) is -2.00. The maximum absolute atomic E-state index is 13.4. The summed E-state index contributed by atoms with van der Waals surface area (Å²) in [5, 5.41) is 8.88. The van der Waals surface area contributed by atoms with Crippen LogP contribution in [0, 0.1) is 0 Å². The number of halogens is 1. The number of hydrogen-bond acceptors (Lipinski definition) is 3. The van der Waals surface area contributed by atoms with Gasteiger partial charge in [0.15, 0.2) is 0 Å². The fourth-order valence-corrected chi connectivity index (χ4v) is 2.26. The topological polar surface area (TPSA) is 63.6 Å². The Kier molecular flexibility index (Phi) is 9.42. The van der Waals surface area contributed by atoms with Crippen molar-refractivity contribution in [3.05, 3.63) is 47.5 Å².